The summed E-state index contributed by atoms with van der Waals surface area (Å²) >= 11 is 0. The first-order chi connectivity index (χ1) is 10.8. The molecule has 0 spiro atoms. The first-order valence-corrected chi connectivity index (χ1v) is 7.43. The van der Waals surface area contributed by atoms with Gasteiger partial charge in [0.2, 0.25) is 5.91 Å². The van der Waals surface area contributed by atoms with E-state index in [1.807, 2.05) is 18.2 Å². The van der Waals surface area contributed by atoms with Crippen molar-refractivity contribution in [3.05, 3.63) is 24.4 Å². The smallest absolute Gasteiger partial charge is 0.410 e. The Morgan fingerprint density at radius 2 is 2.04 bits per heavy atom. The van der Waals surface area contributed by atoms with Gasteiger partial charge in [0.1, 0.15) is 12.1 Å². The Balaban J connectivity index is 1.71. The number of fused-ring (bicyclic) bond motifs is 1. The van der Waals surface area contributed by atoms with Crippen molar-refractivity contribution in [2.24, 2.45) is 0 Å². The van der Waals surface area contributed by atoms with Crippen molar-refractivity contribution >= 4 is 23.6 Å². The Hall–Kier alpha value is -2.64. The topological polar surface area (TPSA) is 80.0 Å². The summed E-state index contributed by atoms with van der Waals surface area (Å²) in [6, 6.07) is 5.52. The summed E-state index contributed by atoms with van der Waals surface area (Å²) in [6.45, 7) is 6.08. The van der Waals surface area contributed by atoms with Crippen molar-refractivity contribution in [3.8, 4) is 0 Å². The summed E-state index contributed by atoms with van der Waals surface area (Å²) < 4.78 is 6.91. The summed E-state index contributed by atoms with van der Waals surface area (Å²) in [5.41, 5.74) is 0.0883. The van der Waals surface area contributed by atoms with Gasteiger partial charge in [-0.2, -0.15) is 4.98 Å². The quantitative estimate of drug-likeness (QED) is 0.792. The Bertz CT molecular complexity index is 716. The molecule has 1 aliphatic rings. The highest BCUT2D eigenvalue weighted by atomic mass is 16.6. The van der Waals surface area contributed by atoms with Crippen LogP contribution in [0.25, 0.3) is 5.65 Å². The lowest BCUT2D eigenvalue weighted by Crippen LogP contribution is -2.53. The first kappa shape index (κ1) is 15.3. The first-order valence-electron chi connectivity index (χ1n) is 7.43. The van der Waals surface area contributed by atoms with Crippen molar-refractivity contribution < 1.29 is 14.3 Å². The molecule has 2 aromatic heterocycles. The zero-order valence-electron chi connectivity index (χ0n) is 13.4. The third kappa shape index (κ3) is 3.25. The molecular weight excluding hydrogens is 298 g/mol. The molecule has 0 N–H and O–H groups in total. The van der Waals surface area contributed by atoms with Gasteiger partial charge in [-0.3, -0.25) is 14.6 Å². The molecule has 0 unspecified atom stereocenters. The molecule has 8 heteroatoms. The van der Waals surface area contributed by atoms with Crippen LogP contribution in [-0.4, -0.2) is 56.7 Å². The van der Waals surface area contributed by atoms with Crippen LogP contribution < -0.4 is 4.90 Å². The minimum Gasteiger partial charge on any atom is -0.444 e. The van der Waals surface area contributed by atoms with Crippen molar-refractivity contribution in [1.29, 1.82) is 0 Å². The van der Waals surface area contributed by atoms with Crippen LogP contribution in [0.2, 0.25) is 0 Å². The molecule has 23 heavy (non-hydrogen) atoms. The van der Waals surface area contributed by atoms with E-state index in [1.54, 1.807) is 31.5 Å². The van der Waals surface area contributed by atoms with E-state index in [0.717, 1.165) is 0 Å². The maximum Gasteiger partial charge on any atom is 0.410 e. The van der Waals surface area contributed by atoms with Crippen molar-refractivity contribution in [2.75, 3.05) is 24.5 Å². The lowest BCUT2D eigenvalue weighted by molar-refractivity contribution is -0.121. The molecule has 3 rings (SSSR count). The summed E-state index contributed by atoms with van der Waals surface area (Å²) in [5.74, 6) is 0.128. The van der Waals surface area contributed by atoms with E-state index in [0.29, 0.717) is 24.7 Å². The fraction of sp³-hybridized carbons (Fsp3) is 0.467. The number of pyridine rings is 1. The lowest BCUT2D eigenvalue weighted by atomic mass is 10.2. The van der Waals surface area contributed by atoms with E-state index < -0.39 is 11.7 Å². The number of carbonyl (C=O) groups is 2. The van der Waals surface area contributed by atoms with Crippen LogP contribution in [0.1, 0.15) is 20.8 Å². The van der Waals surface area contributed by atoms with Gasteiger partial charge in [-0.25, -0.2) is 9.31 Å². The minimum atomic E-state index is -0.583. The second kappa shape index (κ2) is 5.53. The molecule has 0 radical (unpaired) electrons. The number of anilines is 1. The average molecular weight is 317 g/mol. The van der Waals surface area contributed by atoms with Crippen LogP contribution in [0.5, 0.6) is 0 Å². The Morgan fingerprint density at radius 1 is 1.26 bits per heavy atom. The Morgan fingerprint density at radius 3 is 2.70 bits per heavy atom. The van der Waals surface area contributed by atoms with Gasteiger partial charge in [-0.15, -0.1) is 5.10 Å². The molecular formula is C15H19N5O3. The van der Waals surface area contributed by atoms with E-state index in [-0.39, 0.29) is 12.5 Å². The van der Waals surface area contributed by atoms with Gasteiger partial charge in [0.15, 0.2) is 5.65 Å². The van der Waals surface area contributed by atoms with Gasteiger partial charge in [0, 0.05) is 19.3 Å². The second-order valence-corrected chi connectivity index (χ2v) is 6.36. The molecule has 1 saturated heterocycles. The maximum atomic E-state index is 12.3. The minimum absolute atomic E-state index is 0.0372. The predicted octanol–water partition coefficient (Wildman–Crippen LogP) is 1.31. The van der Waals surface area contributed by atoms with Gasteiger partial charge < -0.3 is 4.74 Å². The van der Waals surface area contributed by atoms with Gasteiger partial charge >= 0.3 is 6.09 Å². The number of nitrogens with zero attached hydrogens (tertiary/aromatic N) is 5. The SMILES string of the molecule is CC(C)(C)OC(=O)N1CCN(c2nc3ccccn3n2)C(=O)C1. The highest BCUT2D eigenvalue weighted by molar-refractivity contribution is 5.96. The van der Waals surface area contributed by atoms with Gasteiger partial charge in [-0.1, -0.05) is 6.07 Å². The molecule has 0 atom stereocenters. The van der Waals surface area contributed by atoms with E-state index in [9.17, 15) is 9.59 Å². The molecule has 1 fully saturated rings. The zero-order chi connectivity index (χ0) is 16.6. The number of carbonyl (C=O) groups excluding carboxylic acids is 2. The van der Waals surface area contributed by atoms with Crippen molar-refractivity contribution in [3.63, 3.8) is 0 Å². The number of piperazine rings is 1. The summed E-state index contributed by atoms with van der Waals surface area (Å²) in [4.78, 5) is 31.6. The van der Waals surface area contributed by atoms with Gasteiger partial charge in [0.05, 0.1) is 0 Å². The molecule has 0 saturated carbocycles. The molecule has 0 aliphatic carbocycles. The van der Waals surface area contributed by atoms with E-state index in [4.69, 9.17) is 4.74 Å². The van der Waals surface area contributed by atoms with Crippen LogP contribution in [-0.2, 0) is 9.53 Å². The molecule has 2 aromatic rings. The average Bonchev–Trinajstić information content (AvgIpc) is 2.88. The summed E-state index contributed by atoms with van der Waals surface area (Å²) in [7, 11) is 0. The molecule has 3 heterocycles. The lowest BCUT2D eigenvalue weighted by Gasteiger charge is -2.33. The van der Waals surface area contributed by atoms with Gasteiger partial charge in [0.25, 0.3) is 5.95 Å². The van der Waals surface area contributed by atoms with Crippen LogP contribution >= 0.6 is 0 Å². The molecule has 2 amide bonds. The zero-order valence-corrected chi connectivity index (χ0v) is 13.4. The van der Waals surface area contributed by atoms with E-state index in [2.05, 4.69) is 10.1 Å². The largest absolute Gasteiger partial charge is 0.444 e. The molecule has 8 nitrogen and oxygen atoms in total. The van der Waals surface area contributed by atoms with E-state index >= 15 is 0 Å². The highest BCUT2D eigenvalue weighted by Gasteiger charge is 2.32. The highest BCUT2D eigenvalue weighted by Crippen LogP contribution is 2.16. The normalized spacial score (nSPS) is 16.0. The summed E-state index contributed by atoms with van der Waals surface area (Å²) in [5, 5.41) is 4.29. The number of amides is 2. The fourth-order valence-electron chi connectivity index (χ4n) is 2.30. The number of hydrogen-bond donors (Lipinski definition) is 0. The van der Waals surface area contributed by atoms with Crippen molar-refractivity contribution in [1.82, 2.24) is 19.5 Å². The van der Waals surface area contributed by atoms with Crippen LogP contribution in [0.4, 0.5) is 10.7 Å². The third-order valence-electron chi connectivity index (χ3n) is 3.34. The van der Waals surface area contributed by atoms with Crippen LogP contribution in [0.15, 0.2) is 24.4 Å². The summed E-state index contributed by atoms with van der Waals surface area (Å²) in [6.07, 6.45) is 1.29. The Kier molecular flexibility index (Phi) is 3.67. The molecule has 0 bridgehead atoms. The number of rotatable bonds is 1. The predicted molar refractivity (Wildman–Crippen MR) is 83.1 cm³/mol. The third-order valence-corrected chi connectivity index (χ3v) is 3.34. The standard InChI is InChI=1S/C15H19N5O3/c1-15(2,3)23-14(22)18-8-9-19(12(21)10-18)13-16-11-6-4-5-7-20(11)17-13/h4-7H,8-10H2,1-3H3. The Labute approximate surface area is 133 Å². The van der Waals surface area contributed by atoms with E-state index in [1.165, 1.54) is 9.80 Å². The molecule has 1 aliphatic heterocycles. The number of ether oxygens (including phenoxy) is 1. The molecule has 0 aromatic carbocycles. The van der Waals surface area contributed by atoms with Crippen LogP contribution in [0.3, 0.4) is 0 Å². The fourth-order valence-corrected chi connectivity index (χ4v) is 2.30. The second-order valence-electron chi connectivity index (χ2n) is 6.36. The number of hydrogen-bond acceptors (Lipinski definition) is 5. The molecule has 122 valence electrons. The van der Waals surface area contributed by atoms with Gasteiger partial charge in [-0.05, 0) is 32.9 Å². The maximum absolute atomic E-state index is 12.3. The monoisotopic (exact) mass is 317 g/mol. The van der Waals surface area contributed by atoms with Crippen LogP contribution in [0, 0.1) is 0 Å². The number of aromatic nitrogens is 3. The van der Waals surface area contributed by atoms with Crippen molar-refractivity contribution in [2.45, 2.75) is 26.4 Å².